The summed E-state index contributed by atoms with van der Waals surface area (Å²) >= 11 is 1.52. The van der Waals surface area contributed by atoms with Gasteiger partial charge in [0.1, 0.15) is 12.4 Å². The molecule has 2 aliphatic heterocycles. The number of methoxy groups -OCH3 is 2. The number of rotatable bonds is 6. The molecule has 0 unspecified atom stereocenters. The third kappa shape index (κ3) is 4.91. The standard InChI is InChI=1S/C27H30N4O5S/c1-29-27-24(25(28-29)18-7-5-4-6-8-18)26(19-9-10-20(34-2)21(15-19)35-3)37-17-23(33)31(27)16-22(32)30-11-13-36-14-12-30/h4-10,15,26H,11-14,16-17H2,1-3H3/t26-/m1/s1. The van der Waals surface area contributed by atoms with Gasteiger partial charge >= 0.3 is 0 Å². The van der Waals surface area contributed by atoms with Gasteiger partial charge in [-0.25, -0.2) is 0 Å². The summed E-state index contributed by atoms with van der Waals surface area (Å²) in [7, 11) is 5.04. The minimum absolute atomic E-state index is 0.0428. The number of nitrogens with zero attached hydrogens (tertiary/aromatic N) is 4. The zero-order chi connectivity index (χ0) is 25.9. The Labute approximate surface area is 220 Å². The van der Waals surface area contributed by atoms with Crippen molar-refractivity contribution in [3.8, 4) is 22.8 Å². The van der Waals surface area contributed by atoms with E-state index >= 15 is 0 Å². The molecule has 1 saturated heterocycles. The van der Waals surface area contributed by atoms with E-state index in [1.54, 1.807) is 28.7 Å². The van der Waals surface area contributed by atoms with E-state index in [1.165, 1.54) is 11.8 Å². The van der Waals surface area contributed by atoms with Crippen molar-refractivity contribution in [2.45, 2.75) is 5.25 Å². The molecule has 9 nitrogen and oxygen atoms in total. The van der Waals surface area contributed by atoms with E-state index < -0.39 is 0 Å². The number of amides is 2. The summed E-state index contributed by atoms with van der Waals surface area (Å²) in [6.07, 6.45) is 0. The maximum Gasteiger partial charge on any atom is 0.242 e. The molecule has 3 aromatic rings. The van der Waals surface area contributed by atoms with Crippen molar-refractivity contribution < 1.29 is 23.8 Å². The van der Waals surface area contributed by atoms with E-state index in [1.807, 2.05) is 55.6 Å². The first-order valence-corrected chi connectivity index (χ1v) is 13.2. The van der Waals surface area contributed by atoms with Crippen LogP contribution in [-0.4, -0.2) is 79.3 Å². The first kappa shape index (κ1) is 25.2. The number of fused-ring (bicyclic) bond motifs is 1. The van der Waals surface area contributed by atoms with Gasteiger partial charge in [0.2, 0.25) is 11.8 Å². The molecular formula is C27H30N4O5S. The molecule has 0 aliphatic carbocycles. The molecule has 5 rings (SSSR count). The van der Waals surface area contributed by atoms with E-state index in [0.717, 1.165) is 22.4 Å². The number of carbonyl (C=O) groups is 2. The Morgan fingerprint density at radius 2 is 1.81 bits per heavy atom. The van der Waals surface area contributed by atoms with E-state index in [9.17, 15) is 9.59 Å². The maximum atomic E-state index is 13.5. The van der Waals surface area contributed by atoms with Gasteiger partial charge in [-0.15, -0.1) is 11.8 Å². The highest BCUT2D eigenvalue weighted by Crippen LogP contribution is 2.48. The van der Waals surface area contributed by atoms with Crippen molar-refractivity contribution in [1.82, 2.24) is 14.7 Å². The summed E-state index contributed by atoms with van der Waals surface area (Å²) in [6.45, 7) is 2.02. The molecular weight excluding hydrogens is 492 g/mol. The molecule has 194 valence electrons. The molecule has 2 aromatic carbocycles. The fourth-order valence-electron chi connectivity index (χ4n) is 4.83. The lowest BCUT2D eigenvalue weighted by Crippen LogP contribution is -2.48. The van der Waals surface area contributed by atoms with Crippen LogP contribution in [0.4, 0.5) is 5.82 Å². The van der Waals surface area contributed by atoms with E-state index in [2.05, 4.69) is 0 Å². The molecule has 0 saturated carbocycles. The van der Waals surface area contributed by atoms with Gasteiger partial charge in [0.25, 0.3) is 0 Å². The fraction of sp³-hybridized carbons (Fsp3) is 0.370. The largest absolute Gasteiger partial charge is 0.493 e. The lowest BCUT2D eigenvalue weighted by Gasteiger charge is -2.30. The number of morpholine rings is 1. The summed E-state index contributed by atoms with van der Waals surface area (Å²) in [4.78, 5) is 30.1. The molecule has 1 aromatic heterocycles. The first-order valence-electron chi connectivity index (χ1n) is 12.1. The third-order valence-corrected chi connectivity index (χ3v) is 7.91. The van der Waals surface area contributed by atoms with Gasteiger partial charge in [0.05, 0.1) is 44.1 Å². The lowest BCUT2D eigenvalue weighted by atomic mass is 9.99. The van der Waals surface area contributed by atoms with Gasteiger partial charge in [-0.3, -0.25) is 19.2 Å². The summed E-state index contributed by atoms with van der Waals surface area (Å²) in [5.74, 6) is 1.88. The molecule has 0 N–H and O–H groups in total. The normalized spacial score (nSPS) is 17.8. The quantitative estimate of drug-likeness (QED) is 0.492. The van der Waals surface area contributed by atoms with Gasteiger partial charge in [-0.2, -0.15) is 5.10 Å². The van der Waals surface area contributed by atoms with Crippen molar-refractivity contribution in [3.05, 3.63) is 59.7 Å². The number of benzene rings is 2. The van der Waals surface area contributed by atoms with Crippen LogP contribution >= 0.6 is 11.8 Å². The molecule has 2 amide bonds. The zero-order valence-electron chi connectivity index (χ0n) is 21.2. The predicted octanol–water partition coefficient (Wildman–Crippen LogP) is 3.13. The minimum Gasteiger partial charge on any atom is -0.493 e. The molecule has 2 aliphatic rings. The topological polar surface area (TPSA) is 86.1 Å². The summed E-state index contributed by atoms with van der Waals surface area (Å²) < 4.78 is 18.1. The number of ether oxygens (including phenoxy) is 3. The number of hydrogen-bond acceptors (Lipinski definition) is 7. The van der Waals surface area contributed by atoms with Crippen molar-refractivity contribution in [3.63, 3.8) is 0 Å². The van der Waals surface area contributed by atoms with Gasteiger partial charge in [0, 0.05) is 31.3 Å². The average molecular weight is 523 g/mol. The van der Waals surface area contributed by atoms with Crippen LogP contribution < -0.4 is 14.4 Å². The maximum absolute atomic E-state index is 13.5. The number of aryl methyl sites for hydroxylation is 1. The summed E-state index contributed by atoms with van der Waals surface area (Å²) in [6, 6.07) is 15.7. The van der Waals surface area contributed by atoms with Crippen LogP contribution in [0.3, 0.4) is 0 Å². The molecule has 0 bridgehead atoms. The minimum atomic E-state index is -0.217. The number of aromatic nitrogens is 2. The Morgan fingerprint density at radius 1 is 1.08 bits per heavy atom. The number of hydrogen-bond donors (Lipinski definition) is 0. The van der Waals surface area contributed by atoms with Crippen LogP contribution in [0.25, 0.3) is 11.3 Å². The van der Waals surface area contributed by atoms with E-state index in [0.29, 0.717) is 43.6 Å². The monoisotopic (exact) mass is 522 g/mol. The van der Waals surface area contributed by atoms with Gasteiger partial charge in [0.15, 0.2) is 11.5 Å². The average Bonchev–Trinajstić information content (AvgIpc) is 3.20. The molecule has 0 spiro atoms. The Morgan fingerprint density at radius 3 is 2.51 bits per heavy atom. The van der Waals surface area contributed by atoms with E-state index in [4.69, 9.17) is 19.3 Å². The highest BCUT2D eigenvalue weighted by atomic mass is 32.2. The molecule has 1 fully saturated rings. The molecule has 0 radical (unpaired) electrons. The SMILES string of the molecule is COc1ccc([C@H]2SCC(=O)N(CC(=O)N3CCOCC3)c3c2c(-c2ccccc2)nn3C)cc1OC. The summed E-state index contributed by atoms with van der Waals surface area (Å²) in [5, 5.41) is 4.65. The number of thioether (sulfide) groups is 1. The van der Waals surface area contributed by atoms with Crippen LogP contribution in [0, 0.1) is 0 Å². The lowest BCUT2D eigenvalue weighted by molar-refractivity contribution is -0.134. The second kappa shape index (κ2) is 10.9. The second-order valence-electron chi connectivity index (χ2n) is 8.85. The van der Waals surface area contributed by atoms with Crippen LogP contribution in [0.2, 0.25) is 0 Å². The number of carbonyl (C=O) groups excluding carboxylic acids is 2. The van der Waals surface area contributed by atoms with Gasteiger partial charge in [-0.1, -0.05) is 36.4 Å². The Balaban J connectivity index is 1.63. The Hall–Kier alpha value is -3.50. The second-order valence-corrected chi connectivity index (χ2v) is 9.95. The molecule has 3 heterocycles. The number of anilines is 1. The first-order chi connectivity index (χ1) is 18.0. The van der Waals surface area contributed by atoms with Crippen molar-refractivity contribution in [1.29, 1.82) is 0 Å². The Bertz CT molecular complexity index is 1290. The highest BCUT2D eigenvalue weighted by Gasteiger charge is 2.37. The van der Waals surface area contributed by atoms with Crippen LogP contribution in [0.5, 0.6) is 11.5 Å². The summed E-state index contributed by atoms with van der Waals surface area (Å²) in [5.41, 5.74) is 3.58. The van der Waals surface area contributed by atoms with Crippen molar-refractivity contribution in [2.75, 3.05) is 57.7 Å². The van der Waals surface area contributed by atoms with Crippen LogP contribution in [-0.2, 0) is 21.4 Å². The molecule has 1 atom stereocenters. The fourth-order valence-corrected chi connectivity index (χ4v) is 6.01. The molecule has 37 heavy (non-hydrogen) atoms. The van der Waals surface area contributed by atoms with Crippen LogP contribution in [0.1, 0.15) is 16.4 Å². The van der Waals surface area contributed by atoms with Crippen LogP contribution in [0.15, 0.2) is 48.5 Å². The van der Waals surface area contributed by atoms with Gasteiger partial charge in [-0.05, 0) is 17.7 Å². The Kier molecular flexibility index (Phi) is 7.38. The third-order valence-electron chi connectivity index (χ3n) is 6.66. The zero-order valence-corrected chi connectivity index (χ0v) is 22.0. The van der Waals surface area contributed by atoms with Crippen molar-refractivity contribution >= 4 is 29.4 Å². The van der Waals surface area contributed by atoms with Crippen molar-refractivity contribution in [2.24, 2.45) is 7.05 Å². The highest BCUT2D eigenvalue weighted by molar-refractivity contribution is 8.00. The van der Waals surface area contributed by atoms with E-state index in [-0.39, 0.29) is 29.4 Å². The predicted molar refractivity (Wildman–Crippen MR) is 142 cm³/mol. The van der Waals surface area contributed by atoms with Gasteiger partial charge < -0.3 is 19.1 Å². The molecule has 10 heteroatoms. The smallest absolute Gasteiger partial charge is 0.242 e.